The summed E-state index contributed by atoms with van der Waals surface area (Å²) in [4.78, 5) is 0. The molecule has 0 aliphatic carbocycles. The van der Waals surface area contributed by atoms with E-state index in [1.807, 2.05) is 59.7 Å². The van der Waals surface area contributed by atoms with Gasteiger partial charge in [-0.05, 0) is 47.9 Å². The maximum atomic E-state index is 2.20. The van der Waals surface area contributed by atoms with Crippen LogP contribution in [0, 0.1) is 20.8 Å². The summed E-state index contributed by atoms with van der Waals surface area (Å²) in [5.41, 5.74) is 3.99. The molecule has 5 aromatic carbocycles. The Morgan fingerprint density at radius 3 is 1.32 bits per heavy atom. The van der Waals surface area contributed by atoms with Crippen molar-refractivity contribution in [2.75, 3.05) is 0 Å². The van der Waals surface area contributed by atoms with Crippen LogP contribution in [-0.2, 0) is 0 Å². The fourth-order valence-corrected chi connectivity index (χ4v) is 3.23. The zero-order chi connectivity index (χ0) is 26.5. The normalized spacial score (nSPS) is 8.24. The number of aryl methyl sites for hydroxylation is 3. The molecule has 0 unspecified atom stereocenters. The van der Waals surface area contributed by atoms with Crippen LogP contribution in [0.15, 0.2) is 115 Å². The lowest BCUT2D eigenvalue weighted by molar-refractivity contribution is 1.48. The molecule has 0 radical (unpaired) electrons. The minimum atomic E-state index is 0. The summed E-state index contributed by atoms with van der Waals surface area (Å²) in [6.45, 7) is 18.3. The molecule has 0 N–H and O–H groups in total. The van der Waals surface area contributed by atoms with Crippen molar-refractivity contribution in [2.24, 2.45) is 0 Å². The molecule has 0 fully saturated rings. The van der Waals surface area contributed by atoms with Crippen LogP contribution in [-0.4, -0.2) is 0 Å². The Labute approximate surface area is 230 Å². The number of rotatable bonds is 0. The Balaban J connectivity index is -0.000000422. The average Bonchev–Trinajstić information content (AvgIpc) is 2.93. The molecule has 0 saturated heterocycles. The molecule has 0 bridgehead atoms. The van der Waals surface area contributed by atoms with Gasteiger partial charge in [0.05, 0.1) is 0 Å². The van der Waals surface area contributed by atoms with Crippen LogP contribution in [0.5, 0.6) is 0 Å². The van der Waals surface area contributed by atoms with Gasteiger partial charge in [-0.1, -0.05) is 183 Å². The quantitative estimate of drug-likeness (QED) is 0.199. The fraction of sp³-hybridized carbons (Fsp3) is 0.297. The molecule has 0 heteroatoms. The van der Waals surface area contributed by atoms with E-state index in [1.54, 1.807) is 0 Å². The molecule has 0 amide bonds. The minimum absolute atomic E-state index is 0. The summed E-state index contributed by atoms with van der Waals surface area (Å²) in [5.74, 6) is 0. The second-order valence-corrected chi connectivity index (χ2v) is 7.30. The van der Waals surface area contributed by atoms with Crippen LogP contribution in [0.4, 0.5) is 0 Å². The highest BCUT2D eigenvalue weighted by Crippen LogP contribution is 2.16. The average molecular weight is 499 g/mol. The van der Waals surface area contributed by atoms with E-state index in [0.29, 0.717) is 0 Å². The fourth-order valence-electron chi connectivity index (χ4n) is 3.23. The van der Waals surface area contributed by atoms with Crippen molar-refractivity contribution >= 4 is 21.5 Å². The van der Waals surface area contributed by atoms with E-state index in [1.165, 1.54) is 38.2 Å². The van der Waals surface area contributed by atoms with Gasteiger partial charge in [0.25, 0.3) is 0 Å². The first kappa shape index (κ1) is 38.2. The van der Waals surface area contributed by atoms with Crippen LogP contribution in [0.25, 0.3) is 21.5 Å². The second-order valence-electron chi connectivity index (χ2n) is 7.30. The Morgan fingerprint density at radius 1 is 0.351 bits per heavy atom. The second kappa shape index (κ2) is 24.3. The number of hydrogen-bond acceptors (Lipinski definition) is 0. The minimum Gasteiger partial charge on any atom is -0.0776 e. The Hall–Kier alpha value is -3.38. The molecular formula is C37H54. The summed E-state index contributed by atoms with van der Waals surface area (Å²) in [5, 5.41) is 5.33. The van der Waals surface area contributed by atoms with Gasteiger partial charge in [-0.3, -0.25) is 0 Å². The zero-order valence-electron chi connectivity index (χ0n) is 23.5. The summed E-state index contributed by atoms with van der Waals surface area (Å²) in [7, 11) is 0. The van der Waals surface area contributed by atoms with E-state index < -0.39 is 0 Å². The molecular weight excluding hydrogens is 444 g/mol. The van der Waals surface area contributed by atoms with Gasteiger partial charge in [0.2, 0.25) is 0 Å². The van der Waals surface area contributed by atoms with Crippen molar-refractivity contribution in [1.82, 2.24) is 0 Å². The third-order valence-corrected chi connectivity index (χ3v) is 4.85. The first-order valence-corrected chi connectivity index (χ1v) is 13.0. The standard InChI is InChI=1S/2C11H10.C7H8.3C2H6.2CH4/c1-9-5-4-7-10-6-2-3-8-11(9)10;1-9-6-7-10-4-2-3-5-11(10)8-9;1-7-5-3-2-4-6-7;3*1-2;;/h2*2-8H,1H3;2-6H,1H3;3*1-2H3;2*1H4. The third-order valence-electron chi connectivity index (χ3n) is 4.85. The van der Waals surface area contributed by atoms with Gasteiger partial charge in [-0.15, -0.1) is 0 Å². The van der Waals surface area contributed by atoms with Crippen molar-refractivity contribution in [3.05, 3.63) is 132 Å². The van der Waals surface area contributed by atoms with Gasteiger partial charge in [0.1, 0.15) is 0 Å². The highest BCUT2D eigenvalue weighted by atomic mass is 14.0. The van der Waals surface area contributed by atoms with Crippen molar-refractivity contribution in [1.29, 1.82) is 0 Å². The summed E-state index contributed by atoms with van der Waals surface area (Å²) < 4.78 is 0. The van der Waals surface area contributed by atoms with Crippen molar-refractivity contribution in [2.45, 2.75) is 77.2 Å². The number of benzene rings is 5. The Morgan fingerprint density at radius 2 is 0.811 bits per heavy atom. The van der Waals surface area contributed by atoms with Crippen molar-refractivity contribution in [3.63, 3.8) is 0 Å². The molecule has 37 heavy (non-hydrogen) atoms. The molecule has 0 aliphatic heterocycles. The molecule has 0 aromatic heterocycles. The van der Waals surface area contributed by atoms with Crippen LogP contribution >= 0.6 is 0 Å². The number of fused-ring (bicyclic) bond motifs is 2. The van der Waals surface area contributed by atoms with E-state index >= 15 is 0 Å². The van der Waals surface area contributed by atoms with Crippen molar-refractivity contribution < 1.29 is 0 Å². The van der Waals surface area contributed by atoms with Gasteiger partial charge in [-0.2, -0.15) is 0 Å². The Bertz CT molecular complexity index is 1160. The first-order valence-electron chi connectivity index (χ1n) is 13.0. The van der Waals surface area contributed by atoms with Gasteiger partial charge in [0.15, 0.2) is 0 Å². The van der Waals surface area contributed by atoms with Crippen molar-refractivity contribution in [3.8, 4) is 0 Å². The third kappa shape index (κ3) is 14.7. The topological polar surface area (TPSA) is 0 Å². The van der Waals surface area contributed by atoms with Crippen LogP contribution in [0.1, 0.15) is 73.1 Å². The smallest absolute Gasteiger partial charge is 0.0155 e. The lowest BCUT2D eigenvalue weighted by atomic mass is 10.1. The predicted octanol–water partition coefficient (Wildman–Crippen LogP) is 12.6. The molecule has 0 nitrogen and oxygen atoms in total. The summed E-state index contributed by atoms with van der Waals surface area (Å²) >= 11 is 0. The van der Waals surface area contributed by atoms with E-state index in [4.69, 9.17) is 0 Å². The molecule has 0 spiro atoms. The van der Waals surface area contributed by atoms with Crippen LogP contribution in [0.2, 0.25) is 0 Å². The molecule has 0 heterocycles. The predicted molar refractivity (Wildman–Crippen MR) is 176 cm³/mol. The molecule has 202 valence electrons. The van der Waals surface area contributed by atoms with E-state index in [9.17, 15) is 0 Å². The monoisotopic (exact) mass is 498 g/mol. The van der Waals surface area contributed by atoms with E-state index in [-0.39, 0.29) is 14.9 Å². The van der Waals surface area contributed by atoms with Gasteiger partial charge in [-0.25, -0.2) is 0 Å². The molecule has 0 atom stereocenters. The van der Waals surface area contributed by atoms with Gasteiger partial charge in [0, 0.05) is 0 Å². The molecule has 5 aromatic rings. The van der Waals surface area contributed by atoms with Crippen LogP contribution < -0.4 is 0 Å². The van der Waals surface area contributed by atoms with Crippen LogP contribution in [0.3, 0.4) is 0 Å². The van der Waals surface area contributed by atoms with E-state index in [2.05, 4.69) is 118 Å². The zero-order valence-corrected chi connectivity index (χ0v) is 23.5. The largest absolute Gasteiger partial charge is 0.0776 e. The highest BCUT2D eigenvalue weighted by molar-refractivity contribution is 5.85. The summed E-state index contributed by atoms with van der Waals surface area (Å²) in [6, 6.07) is 40.0. The van der Waals surface area contributed by atoms with Gasteiger partial charge < -0.3 is 0 Å². The Kier molecular flexibility index (Phi) is 25.1. The maximum Gasteiger partial charge on any atom is -0.0155 e. The van der Waals surface area contributed by atoms with E-state index in [0.717, 1.165) is 0 Å². The SMILES string of the molecule is C.C.CC.CC.CC.Cc1ccc2ccccc2c1.Cc1cccc2ccccc12.Cc1ccccc1. The first-order chi connectivity index (χ1) is 17.1. The molecule has 0 aliphatic rings. The highest BCUT2D eigenvalue weighted by Gasteiger charge is 1.92. The molecule has 5 rings (SSSR count). The lowest BCUT2D eigenvalue weighted by Crippen LogP contribution is -1.75. The summed E-state index contributed by atoms with van der Waals surface area (Å²) in [6.07, 6.45) is 0. The lowest BCUT2D eigenvalue weighted by Gasteiger charge is -1.98. The number of hydrogen-bond donors (Lipinski definition) is 0. The van der Waals surface area contributed by atoms with Gasteiger partial charge >= 0.3 is 0 Å². The molecule has 0 saturated carbocycles. The maximum absolute atomic E-state index is 2.20.